The first-order valence-electron chi connectivity index (χ1n) is 5.13. The molecule has 16 heavy (non-hydrogen) atoms. The maximum Gasteiger partial charge on any atom is 0.255 e. The van der Waals surface area contributed by atoms with E-state index in [1.165, 1.54) is 12.3 Å². The molecule has 1 amide bonds. The lowest BCUT2D eigenvalue weighted by Crippen LogP contribution is -2.29. The van der Waals surface area contributed by atoms with Gasteiger partial charge in [0.2, 0.25) is 0 Å². The lowest BCUT2D eigenvalue weighted by Gasteiger charge is -2.15. The molecule has 3 nitrogen and oxygen atoms in total. The van der Waals surface area contributed by atoms with Crippen LogP contribution in [0.15, 0.2) is 18.5 Å². The van der Waals surface area contributed by atoms with Crippen molar-refractivity contribution in [3.05, 3.63) is 29.8 Å². The van der Waals surface area contributed by atoms with Crippen LogP contribution in [0.5, 0.6) is 0 Å². The van der Waals surface area contributed by atoms with Crippen LogP contribution in [0, 0.1) is 5.82 Å². The van der Waals surface area contributed by atoms with Gasteiger partial charge in [0, 0.05) is 24.5 Å². The first kappa shape index (κ1) is 11.4. The molecule has 0 saturated carbocycles. The Balaban J connectivity index is 2.08. The predicted molar refractivity (Wildman–Crippen MR) is 62.0 cm³/mol. The van der Waals surface area contributed by atoms with E-state index < -0.39 is 5.82 Å². The zero-order valence-corrected chi connectivity index (χ0v) is 9.84. The second kappa shape index (κ2) is 4.82. The molecule has 1 unspecified atom stereocenters. The number of hydrogen-bond acceptors (Lipinski definition) is 3. The van der Waals surface area contributed by atoms with Crippen molar-refractivity contribution >= 4 is 17.7 Å². The van der Waals surface area contributed by atoms with Crippen molar-refractivity contribution < 1.29 is 9.18 Å². The molecule has 2 heterocycles. The summed E-state index contributed by atoms with van der Waals surface area (Å²) >= 11 is 1.77. The van der Waals surface area contributed by atoms with Gasteiger partial charge in [0.05, 0.1) is 11.8 Å². The minimum atomic E-state index is -0.466. The maximum absolute atomic E-state index is 12.9. The smallest absolute Gasteiger partial charge is 0.255 e. The Labute approximate surface area is 98.0 Å². The molecule has 0 radical (unpaired) electrons. The normalized spacial score (nSPS) is 20.1. The Morgan fingerprint density at radius 2 is 2.44 bits per heavy atom. The van der Waals surface area contributed by atoms with Gasteiger partial charge in [-0.1, -0.05) is 0 Å². The Hall–Kier alpha value is -1.10. The fourth-order valence-electron chi connectivity index (χ4n) is 1.82. The van der Waals surface area contributed by atoms with Crippen molar-refractivity contribution in [1.82, 2.24) is 9.88 Å². The second-order valence-electron chi connectivity index (χ2n) is 3.79. The van der Waals surface area contributed by atoms with Crippen molar-refractivity contribution in [3.63, 3.8) is 0 Å². The van der Waals surface area contributed by atoms with E-state index in [0.717, 1.165) is 25.7 Å². The number of nitrogens with zero attached hydrogens (tertiary/aromatic N) is 2. The van der Waals surface area contributed by atoms with Crippen LogP contribution in [-0.4, -0.2) is 40.4 Å². The van der Waals surface area contributed by atoms with Crippen molar-refractivity contribution in [3.8, 4) is 0 Å². The molecule has 1 aromatic rings. The zero-order chi connectivity index (χ0) is 11.5. The molecule has 0 aromatic carbocycles. The van der Waals surface area contributed by atoms with Crippen LogP contribution in [0.25, 0.3) is 0 Å². The molecule has 1 aliphatic rings. The van der Waals surface area contributed by atoms with Gasteiger partial charge in [-0.25, -0.2) is 4.39 Å². The van der Waals surface area contributed by atoms with Crippen LogP contribution < -0.4 is 0 Å². The van der Waals surface area contributed by atoms with Gasteiger partial charge in [-0.15, -0.1) is 0 Å². The minimum Gasteiger partial charge on any atom is -0.337 e. The number of halogens is 1. The minimum absolute atomic E-state index is 0.122. The molecular weight excluding hydrogens is 227 g/mol. The van der Waals surface area contributed by atoms with Gasteiger partial charge in [-0.2, -0.15) is 11.8 Å². The number of thioether (sulfide) groups is 1. The Morgan fingerprint density at radius 3 is 3.06 bits per heavy atom. The third-order valence-electron chi connectivity index (χ3n) is 2.72. The molecule has 0 spiro atoms. The van der Waals surface area contributed by atoms with Gasteiger partial charge < -0.3 is 4.90 Å². The van der Waals surface area contributed by atoms with E-state index in [0.29, 0.717) is 10.8 Å². The second-order valence-corrected chi connectivity index (χ2v) is 4.93. The van der Waals surface area contributed by atoms with Gasteiger partial charge in [0.25, 0.3) is 5.91 Å². The van der Waals surface area contributed by atoms with E-state index >= 15 is 0 Å². The van der Waals surface area contributed by atoms with Crippen molar-refractivity contribution in [2.45, 2.75) is 11.7 Å². The van der Waals surface area contributed by atoms with Crippen LogP contribution in [0.1, 0.15) is 16.8 Å². The van der Waals surface area contributed by atoms with Crippen molar-refractivity contribution in [2.24, 2.45) is 0 Å². The summed E-state index contributed by atoms with van der Waals surface area (Å²) in [5.41, 5.74) is 0.335. The quantitative estimate of drug-likeness (QED) is 0.790. The average Bonchev–Trinajstić information content (AvgIpc) is 2.76. The number of rotatable bonds is 2. The highest BCUT2D eigenvalue weighted by atomic mass is 32.2. The largest absolute Gasteiger partial charge is 0.337 e. The SMILES string of the molecule is CSC1CCN(C(=O)c2cncc(F)c2)C1. The fraction of sp³-hybridized carbons (Fsp3) is 0.455. The van der Waals surface area contributed by atoms with E-state index in [9.17, 15) is 9.18 Å². The first-order chi connectivity index (χ1) is 7.70. The Morgan fingerprint density at radius 1 is 1.62 bits per heavy atom. The van der Waals surface area contributed by atoms with Crippen LogP contribution in [-0.2, 0) is 0 Å². The summed E-state index contributed by atoms with van der Waals surface area (Å²) in [5, 5.41) is 0.505. The van der Waals surface area contributed by atoms with E-state index in [1.807, 2.05) is 6.26 Å². The molecule has 0 bridgehead atoms. The first-order valence-corrected chi connectivity index (χ1v) is 6.42. The number of carbonyl (C=O) groups excluding carboxylic acids is 1. The number of carbonyl (C=O) groups is 1. The standard InChI is InChI=1S/C11H13FN2OS/c1-16-10-2-3-14(7-10)11(15)8-4-9(12)6-13-5-8/h4-6,10H,2-3,7H2,1H3. The van der Waals surface area contributed by atoms with E-state index in [2.05, 4.69) is 4.98 Å². The Kier molecular flexibility index (Phi) is 3.43. The lowest BCUT2D eigenvalue weighted by atomic mass is 10.2. The topological polar surface area (TPSA) is 33.2 Å². The summed E-state index contributed by atoms with van der Waals surface area (Å²) in [5.74, 6) is -0.588. The third-order valence-corrected chi connectivity index (χ3v) is 3.77. The molecule has 5 heteroatoms. The van der Waals surface area contributed by atoms with Crippen molar-refractivity contribution in [2.75, 3.05) is 19.3 Å². The summed E-state index contributed by atoms with van der Waals surface area (Å²) in [7, 11) is 0. The summed E-state index contributed by atoms with van der Waals surface area (Å²) in [6.07, 6.45) is 5.57. The third kappa shape index (κ3) is 2.35. The summed E-state index contributed by atoms with van der Waals surface area (Å²) in [6, 6.07) is 1.24. The van der Waals surface area contributed by atoms with Gasteiger partial charge in [-0.05, 0) is 18.7 Å². The van der Waals surface area contributed by atoms with E-state index in [-0.39, 0.29) is 5.91 Å². The lowest BCUT2D eigenvalue weighted by molar-refractivity contribution is 0.0792. The van der Waals surface area contributed by atoms with Gasteiger partial charge >= 0.3 is 0 Å². The summed E-state index contributed by atoms with van der Waals surface area (Å²) < 4.78 is 12.9. The van der Waals surface area contributed by atoms with Crippen LogP contribution in [0.4, 0.5) is 4.39 Å². The maximum atomic E-state index is 12.9. The van der Waals surface area contributed by atoms with Gasteiger partial charge in [0.15, 0.2) is 0 Å². The molecule has 2 rings (SSSR count). The van der Waals surface area contributed by atoms with E-state index in [4.69, 9.17) is 0 Å². The molecule has 1 aromatic heterocycles. The predicted octanol–water partition coefficient (Wildman–Crippen LogP) is 1.80. The zero-order valence-electron chi connectivity index (χ0n) is 9.02. The van der Waals surface area contributed by atoms with E-state index in [1.54, 1.807) is 16.7 Å². The number of likely N-dealkylation sites (tertiary alicyclic amines) is 1. The molecule has 1 saturated heterocycles. The monoisotopic (exact) mass is 240 g/mol. The number of pyridine rings is 1. The molecule has 86 valence electrons. The van der Waals surface area contributed by atoms with Gasteiger partial charge in [-0.3, -0.25) is 9.78 Å². The van der Waals surface area contributed by atoms with Crippen LogP contribution in [0.3, 0.4) is 0 Å². The summed E-state index contributed by atoms with van der Waals surface area (Å²) in [6.45, 7) is 1.50. The Bertz CT molecular complexity index is 399. The number of hydrogen-bond donors (Lipinski definition) is 0. The number of amides is 1. The van der Waals surface area contributed by atoms with Gasteiger partial charge in [0.1, 0.15) is 5.82 Å². The molecule has 0 aliphatic carbocycles. The molecule has 1 aliphatic heterocycles. The average molecular weight is 240 g/mol. The molecular formula is C11H13FN2OS. The van der Waals surface area contributed by atoms with Crippen LogP contribution >= 0.6 is 11.8 Å². The molecule has 0 N–H and O–H groups in total. The fourth-order valence-corrected chi connectivity index (χ4v) is 2.49. The molecule has 1 fully saturated rings. The highest BCUT2D eigenvalue weighted by molar-refractivity contribution is 7.99. The summed E-state index contributed by atoms with van der Waals surface area (Å²) in [4.78, 5) is 17.4. The highest BCUT2D eigenvalue weighted by Crippen LogP contribution is 2.21. The highest BCUT2D eigenvalue weighted by Gasteiger charge is 2.26. The van der Waals surface area contributed by atoms with Crippen LogP contribution in [0.2, 0.25) is 0 Å². The number of aromatic nitrogens is 1. The molecule has 1 atom stereocenters. The van der Waals surface area contributed by atoms with Crippen molar-refractivity contribution in [1.29, 1.82) is 0 Å².